The molecular formula is C17H25N3O2. The summed E-state index contributed by atoms with van der Waals surface area (Å²) in [5.74, 6) is 0.150. The molecule has 120 valence electrons. The standard InChI is InChI=1S/C17H25N3O2/c1-13-11-19(8-9-20(13)16-4-2-3-5-16)17(22)10-14-6-7-15(12-21)18-14/h6-7,12-13,16,18H,2-5,8-11H2,1H3/t13-/m0/s1. The molecule has 0 bridgehead atoms. The van der Waals surface area contributed by atoms with E-state index in [1.807, 2.05) is 11.0 Å². The molecule has 1 aromatic rings. The van der Waals surface area contributed by atoms with Crippen LogP contribution in [0.25, 0.3) is 0 Å². The highest BCUT2D eigenvalue weighted by Gasteiger charge is 2.32. The highest BCUT2D eigenvalue weighted by molar-refractivity contribution is 5.79. The number of piperazine rings is 1. The van der Waals surface area contributed by atoms with Gasteiger partial charge in [0, 0.05) is 37.4 Å². The van der Waals surface area contributed by atoms with Gasteiger partial charge in [0.1, 0.15) is 0 Å². The number of aldehydes is 1. The molecule has 1 saturated carbocycles. The number of nitrogens with zero attached hydrogens (tertiary/aromatic N) is 2. The number of hydrogen-bond acceptors (Lipinski definition) is 3. The average molecular weight is 303 g/mol. The summed E-state index contributed by atoms with van der Waals surface area (Å²) in [5.41, 5.74) is 1.35. The molecule has 0 radical (unpaired) electrons. The van der Waals surface area contributed by atoms with Crippen LogP contribution in [0.1, 0.15) is 48.8 Å². The quantitative estimate of drug-likeness (QED) is 0.864. The van der Waals surface area contributed by atoms with Crippen LogP contribution >= 0.6 is 0 Å². The lowest BCUT2D eigenvalue weighted by molar-refractivity contribution is -0.133. The molecule has 0 spiro atoms. The molecule has 0 aromatic carbocycles. The maximum atomic E-state index is 12.4. The van der Waals surface area contributed by atoms with Crippen molar-refractivity contribution >= 4 is 12.2 Å². The first-order chi connectivity index (χ1) is 10.7. The molecule has 5 heteroatoms. The van der Waals surface area contributed by atoms with Crippen LogP contribution in [0.15, 0.2) is 12.1 Å². The van der Waals surface area contributed by atoms with Gasteiger partial charge >= 0.3 is 0 Å². The Bertz CT molecular complexity index is 534. The van der Waals surface area contributed by atoms with E-state index in [9.17, 15) is 9.59 Å². The van der Waals surface area contributed by atoms with Crippen molar-refractivity contribution in [1.82, 2.24) is 14.8 Å². The lowest BCUT2D eigenvalue weighted by Crippen LogP contribution is -2.56. The summed E-state index contributed by atoms with van der Waals surface area (Å²) in [4.78, 5) is 30.7. The zero-order valence-corrected chi connectivity index (χ0v) is 13.3. The first-order valence-corrected chi connectivity index (χ1v) is 8.34. The zero-order chi connectivity index (χ0) is 15.5. The van der Waals surface area contributed by atoms with Gasteiger partial charge in [-0.05, 0) is 31.9 Å². The van der Waals surface area contributed by atoms with Gasteiger partial charge in [-0.25, -0.2) is 0 Å². The number of amides is 1. The summed E-state index contributed by atoms with van der Waals surface area (Å²) in [6, 6.07) is 4.71. The highest BCUT2D eigenvalue weighted by atomic mass is 16.2. The third-order valence-corrected chi connectivity index (χ3v) is 5.06. The van der Waals surface area contributed by atoms with Crippen molar-refractivity contribution in [3.63, 3.8) is 0 Å². The highest BCUT2D eigenvalue weighted by Crippen LogP contribution is 2.26. The third-order valence-electron chi connectivity index (χ3n) is 5.06. The van der Waals surface area contributed by atoms with E-state index in [0.29, 0.717) is 18.2 Å². The van der Waals surface area contributed by atoms with Gasteiger partial charge in [0.25, 0.3) is 0 Å². The minimum atomic E-state index is 0.150. The molecule has 1 atom stereocenters. The van der Waals surface area contributed by atoms with Crippen LogP contribution in [0.2, 0.25) is 0 Å². The van der Waals surface area contributed by atoms with Gasteiger partial charge in [0.15, 0.2) is 6.29 Å². The van der Waals surface area contributed by atoms with E-state index in [2.05, 4.69) is 16.8 Å². The predicted molar refractivity (Wildman–Crippen MR) is 84.9 cm³/mol. The van der Waals surface area contributed by atoms with Gasteiger partial charge in [0.05, 0.1) is 12.1 Å². The summed E-state index contributed by atoms with van der Waals surface area (Å²) in [7, 11) is 0. The van der Waals surface area contributed by atoms with Crippen LogP contribution in [0.5, 0.6) is 0 Å². The Hall–Kier alpha value is -1.62. The minimum absolute atomic E-state index is 0.150. The number of carbonyl (C=O) groups excluding carboxylic acids is 2. The summed E-state index contributed by atoms with van der Waals surface area (Å²) in [5, 5.41) is 0. The summed E-state index contributed by atoms with van der Waals surface area (Å²) >= 11 is 0. The smallest absolute Gasteiger partial charge is 0.228 e. The fourth-order valence-electron chi connectivity index (χ4n) is 3.88. The Labute approximate surface area is 131 Å². The van der Waals surface area contributed by atoms with Crippen LogP contribution in [0, 0.1) is 0 Å². The maximum Gasteiger partial charge on any atom is 0.228 e. The maximum absolute atomic E-state index is 12.4. The van der Waals surface area contributed by atoms with E-state index in [-0.39, 0.29) is 5.91 Å². The largest absolute Gasteiger partial charge is 0.356 e. The van der Waals surface area contributed by atoms with E-state index >= 15 is 0 Å². The normalized spacial score (nSPS) is 23.9. The van der Waals surface area contributed by atoms with Gasteiger partial charge in [-0.15, -0.1) is 0 Å². The Morgan fingerprint density at radius 3 is 2.73 bits per heavy atom. The second-order valence-corrected chi connectivity index (χ2v) is 6.60. The van der Waals surface area contributed by atoms with Crippen molar-refractivity contribution in [3.05, 3.63) is 23.5 Å². The van der Waals surface area contributed by atoms with Crippen LogP contribution < -0.4 is 0 Å². The number of hydrogen-bond donors (Lipinski definition) is 1. The van der Waals surface area contributed by atoms with Crippen LogP contribution in [-0.4, -0.2) is 58.7 Å². The molecule has 1 aliphatic heterocycles. The molecule has 1 amide bonds. The van der Waals surface area contributed by atoms with Crippen LogP contribution in [0.3, 0.4) is 0 Å². The molecule has 0 unspecified atom stereocenters. The first-order valence-electron chi connectivity index (χ1n) is 8.34. The van der Waals surface area contributed by atoms with Gasteiger partial charge in [-0.1, -0.05) is 12.8 Å². The molecule has 5 nitrogen and oxygen atoms in total. The Kier molecular flexibility index (Phi) is 4.62. The molecule has 2 aliphatic rings. The van der Waals surface area contributed by atoms with Crippen LogP contribution in [-0.2, 0) is 11.2 Å². The van der Waals surface area contributed by atoms with Gasteiger partial charge < -0.3 is 9.88 Å². The summed E-state index contributed by atoms with van der Waals surface area (Å²) in [6.07, 6.45) is 6.45. The average Bonchev–Trinajstić information content (AvgIpc) is 3.18. The lowest BCUT2D eigenvalue weighted by Gasteiger charge is -2.43. The van der Waals surface area contributed by atoms with Crippen molar-refractivity contribution in [2.75, 3.05) is 19.6 Å². The topological polar surface area (TPSA) is 56.4 Å². The number of aromatic nitrogens is 1. The second kappa shape index (κ2) is 6.65. The molecule has 2 fully saturated rings. The molecule has 1 N–H and O–H groups in total. The van der Waals surface area contributed by atoms with Crippen LogP contribution in [0.4, 0.5) is 0 Å². The van der Waals surface area contributed by atoms with Crippen molar-refractivity contribution in [3.8, 4) is 0 Å². The van der Waals surface area contributed by atoms with E-state index in [0.717, 1.165) is 37.7 Å². The SMILES string of the molecule is C[C@H]1CN(C(=O)Cc2ccc(C=O)[nH]2)CCN1C1CCCC1. The number of rotatable bonds is 4. The molecule has 2 heterocycles. The molecule has 1 aromatic heterocycles. The van der Waals surface area contributed by atoms with Gasteiger partial charge in [-0.3, -0.25) is 14.5 Å². The van der Waals surface area contributed by atoms with E-state index in [1.54, 1.807) is 6.07 Å². The number of aromatic amines is 1. The zero-order valence-electron chi connectivity index (χ0n) is 13.3. The number of carbonyl (C=O) groups is 2. The fourth-order valence-corrected chi connectivity index (χ4v) is 3.88. The van der Waals surface area contributed by atoms with Crippen molar-refractivity contribution in [2.24, 2.45) is 0 Å². The molecule has 22 heavy (non-hydrogen) atoms. The monoisotopic (exact) mass is 303 g/mol. The van der Waals surface area contributed by atoms with Crippen molar-refractivity contribution in [2.45, 2.75) is 51.1 Å². The molecule has 1 saturated heterocycles. The first kappa shape index (κ1) is 15.3. The van der Waals surface area contributed by atoms with Gasteiger partial charge in [0.2, 0.25) is 5.91 Å². The second-order valence-electron chi connectivity index (χ2n) is 6.60. The fraction of sp³-hybridized carbons (Fsp3) is 0.647. The Balaban J connectivity index is 1.55. The summed E-state index contributed by atoms with van der Waals surface area (Å²) < 4.78 is 0. The van der Waals surface area contributed by atoms with E-state index in [4.69, 9.17) is 0 Å². The predicted octanol–water partition coefficient (Wildman–Crippen LogP) is 1.84. The van der Waals surface area contributed by atoms with E-state index < -0.39 is 0 Å². The molecular weight excluding hydrogens is 278 g/mol. The lowest BCUT2D eigenvalue weighted by atomic mass is 10.1. The van der Waals surface area contributed by atoms with Crippen molar-refractivity contribution in [1.29, 1.82) is 0 Å². The summed E-state index contributed by atoms with van der Waals surface area (Å²) in [6.45, 7) is 4.86. The Morgan fingerprint density at radius 1 is 1.32 bits per heavy atom. The van der Waals surface area contributed by atoms with Gasteiger partial charge in [-0.2, -0.15) is 0 Å². The third kappa shape index (κ3) is 3.24. The molecule has 3 rings (SSSR count). The minimum Gasteiger partial charge on any atom is -0.356 e. The number of H-pyrrole nitrogens is 1. The van der Waals surface area contributed by atoms with Crippen molar-refractivity contribution < 1.29 is 9.59 Å². The Morgan fingerprint density at radius 2 is 2.09 bits per heavy atom. The molecule has 1 aliphatic carbocycles. The number of nitrogens with one attached hydrogen (secondary N) is 1. The van der Waals surface area contributed by atoms with E-state index in [1.165, 1.54) is 25.7 Å².